The summed E-state index contributed by atoms with van der Waals surface area (Å²) in [7, 11) is 0. The predicted octanol–water partition coefficient (Wildman–Crippen LogP) is 4.25. The molecule has 27 heavy (non-hydrogen) atoms. The zero-order valence-corrected chi connectivity index (χ0v) is 14.2. The Morgan fingerprint density at radius 3 is 2.48 bits per heavy atom. The lowest BCUT2D eigenvalue weighted by molar-refractivity contribution is 0.102. The van der Waals surface area contributed by atoms with Crippen LogP contribution in [0.5, 0.6) is 0 Å². The second-order valence-corrected chi connectivity index (χ2v) is 6.32. The van der Waals surface area contributed by atoms with Crippen molar-refractivity contribution in [2.45, 2.75) is 18.9 Å². The Bertz CT molecular complexity index is 991. The van der Waals surface area contributed by atoms with E-state index >= 15 is 0 Å². The van der Waals surface area contributed by atoms with Crippen LogP contribution in [0.2, 0.25) is 0 Å². The Morgan fingerprint density at radius 1 is 1.00 bits per heavy atom. The molecule has 0 unspecified atom stereocenters. The van der Waals surface area contributed by atoms with Gasteiger partial charge in [0.05, 0.1) is 5.69 Å². The van der Waals surface area contributed by atoms with Gasteiger partial charge in [-0.2, -0.15) is 0 Å². The molecule has 2 N–H and O–H groups in total. The summed E-state index contributed by atoms with van der Waals surface area (Å²) in [4.78, 5) is 21.4. The first-order chi connectivity index (χ1) is 13.1. The van der Waals surface area contributed by atoms with Gasteiger partial charge in [0.25, 0.3) is 5.91 Å². The second kappa shape index (κ2) is 7.11. The van der Waals surface area contributed by atoms with Crippen LogP contribution in [0.1, 0.15) is 23.3 Å². The molecule has 5 nitrogen and oxygen atoms in total. The van der Waals surface area contributed by atoms with E-state index in [1.807, 2.05) is 30.3 Å². The highest BCUT2D eigenvalue weighted by Gasteiger charge is 2.23. The van der Waals surface area contributed by atoms with Gasteiger partial charge in [0, 0.05) is 23.7 Å². The summed E-state index contributed by atoms with van der Waals surface area (Å²) in [5.74, 6) is -1.23. The van der Waals surface area contributed by atoms with Crippen LogP contribution in [0.3, 0.4) is 0 Å². The van der Waals surface area contributed by atoms with Crippen molar-refractivity contribution in [3.8, 4) is 11.4 Å². The predicted molar refractivity (Wildman–Crippen MR) is 98.4 cm³/mol. The Kier molecular flexibility index (Phi) is 4.50. The Hall–Kier alpha value is -3.35. The summed E-state index contributed by atoms with van der Waals surface area (Å²) >= 11 is 0. The lowest BCUT2D eigenvalue weighted by atomic mass is 10.2. The van der Waals surface area contributed by atoms with E-state index in [1.54, 1.807) is 0 Å². The van der Waals surface area contributed by atoms with E-state index in [2.05, 4.69) is 20.6 Å². The van der Waals surface area contributed by atoms with E-state index in [0.717, 1.165) is 24.5 Å². The minimum Gasteiger partial charge on any atom is -0.367 e. The summed E-state index contributed by atoms with van der Waals surface area (Å²) in [5, 5.41) is 5.68. The average Bonchev–Trinajstić information content (AvgIpc) is 3.48. The molecule has 3 aromatic rings. The SMILES string of the molecule is O=C(Nc1ccc(F)cc1F)c1cc(NC2CC2)nc(-c2ccccc2)n1. The monoisotopic (exact) mass is 366 g/mol. The maximum atomic E-state index is 13.8. The number of rotatable bonds is 5. The number of amides is 1. The Balaban J connectivity index is 1.66. The lowest BCUT2D eigenvalue weighted by Gasteiger charge is -2.10. The van der Waals surface area contributed by atoms with Crippen LogP contribution in [0.15, 0.2) is 54.6 Å². The smallest absolute Gasteiger partial charge is 0.274 e. The van der Waals surface area contributed by atoms with E-state index in [-0.39, 0.29) is 11.4 Å². The molecule has 1 aromatic heterocycles. The van der Waals surface area contributed by atoms with Crippen molar-refractivity contribution < 1.29 is 13.6 Å². The zero-order valence-electron chi connectivity index (χ0n) is 14.2. The van der Waals surface area contributed by atoms with Gasteiger partial charge in [-0.3, -0.25) is 4.79 Å². The van der Waals surface area contributed by atoms with E-state index < -0.39 is 17.5 Å². The summed E-state index contributed by atoms with van der Waals surface area (Å²) < 4.78 is 26.9. The molecule has 0 atom stereocenters. The van der Waals surface area contributed by atoms with Crippen LogP contribution in [0.25, 0.3) is 11.4 Å². The number of hydrogen-bond acceptors (Lipinski definition) is 4. The number of nitrogens with one attached hydrogen (secondary N) is 2. The minimum atomic E-state index is -0.850. The van der Waals surface area contributed by atoms with Crippen LogP contribution in [0, 0.1) is 11.6 Å². The molecule has 0 bridgehead atoms. The minimum absolute atomic E-state index is 0.0933. The first kappa shape index (κ1) is 17.1. The standard InChI is InChI=1S/C20H16F2N4O/c21-13-6-9-16(15(22)10-13)25-20(27)17-11-18(23-14-7-8-14)26-19(24-17)12-4-2-1-3-5-12/h1-6,9-11,14H,7-8H2,(H,25,27)(H,23,24,26). The fourth-order valence-corrected chi connectivity index (χ4v) is 2.57. The van der Waals surface area contributed by atoms with Gasteiger partial charge in [-0.25, -0.2) is 18.7 Å². The first-order valence-corrected chi connectivity index (χ1v) is 8.56. The van der Waals surface area contributed by atoms with E-state index in [1.165, 1.54) is 12.1 Å². The number of aromatic nitrogens is 2. The molecule has 1 saturated carbocycles. The molecular formula is C20H16F2N4O. The van der Waals surface area contributed by atoms with Gasteiger partial charge < -0.3 is 10.6 Å². The topological polar surface area (TPSA) is 66.9 Å². The molecule has 1 amide bonds. The number of anilines is 2. The number of carbonyl (C=O) groups is 1. The quantitative estimate of drug-likeness (QED) is 0.708. The Labute approximate surface area is 154 Å². The molecule has 136 valence electrons. The number of carbonyl (C=O) groups excluding carboxylic acids is 1. The normalized spacial score (nSPS) is 13.3. The maximum absolute atomic E-state index is 13.8. The molecule has 0 radical (unpaired) electrons. The van der Waals surface area contributed by atoms with Crippen molar-refractivity contribution in [1.29, 1.82) is 0 Å². The van der Waals surface area contributed by atoms with Crippen LogP contribution < -0.4 is 10.6 Å². The van der Waals surface area contributed by atoms with Gasteiger partial charge in [0.2, 0.25) is 0 Å². The number of halogens is 2. The van der Waals surface area contributed by atoms with Crippen molar-refractivity contribution in [2.24, 2.45) is 0 Å². The summed E-state index contributed by atoms with van der Waals surface area (Å²) in [6.07, 6.45) is 2.10. The zero-order chi connectivity index (χ0) is 18.8. The van der Waals surface area contributed by atoms with Gasteiger partial charge in [-0.15, -0.1) is 0 Å². The third kappa shape index (κ3) is 4.08. The van der Waals surface area contributed by atoms with Crippen LogP contribution >= 0.6 is 0 Å². The van der Waals surface area contributed by atoms with Crippen LogP contribution in [-0.4, -0.2) is 21.9 Å². The van der Waals surface area contributed by atoms with E-state index in [4.69, 9.17) is 0 Å². The molecule has 0 aliphatic heterocycles. The Morgan fingerprint density at radius 2 is 1.78 bits per heavy atom. The van der Waals surface area contributed by atoms with Gasteiger partial charge in [-0.05, 0) is 25.0 Å². The summed E-state index contributed by atoms with van der Waals surface area (Å²) in [6.45, 7) is 0. The molecule has 1 fully saturated rings. The highest BCUT2D eigenvalue weighted by Crippen LogP contribution is 2.26. The van der Waals surface area contributed by atoms with E-state index in [0.29, 0.717) is 23.8 Å². The summed E-state index contributed by atoms with van der Waals surface area (Å²) in [5.41, 5.74) is 0.743. The van der Waals surface area contributed by atoms with Gasteiger partial charge >= 0.3 is 0 Å². The number of nitrogens with zero attached hydrogens (tertiary/aromatic N) is 2. The fraction of sp³-hybridized carbons (Fsp3) is 0.150. The highest BCUT2D eigenvalue weighted by molar-refractivity contribution is 6.03. The first-order valence-electron chi connectivity index (χ1n) is 8.56. The van der Waals surface area contributed by atoms with Crippen molar-refractivity contribution in [2.75, 3.05) is 10.6 Å². The van der Waals surface area contributed by atoms with Crippen molar-refractivity contribution >= 4 is 17.4 Å². The third-order valence-electron chi connectivity index (χ3n) is 4.10. The third-order valence-corrected chi connectivity index (χ3v) is 4.10. The van der Waals surface area contributed by atoms with Crippen molar-refractivity contribution in [3.05, 3.63) is 71.9 Å². The van der Waals surface area contributed by atoms with Crippen molar-refractivity contribution in [3.63, 3.8) is 0 Å². The molecule has 4 rings (SSSR count). The van der Waals surface area contributed by atoms with Crippen LogP contribution in [0.4, 0.5) is 20.3 Å². The molecule has 1 aliphatic carbocycles. The largest absolute Gasteiger partial charge is 0.367 e. The molecule has 2 aromatic carbocycles. The van der Waals surface area contributed by atoms with Gasteiger partial charge in [0.15, 0.2) is 5.82 Å². The highest BCUT2D eigenvalue weighted by atomic mass is 19.1. The molecule has 1 aliphatic rings. The van der Waals surface area contributed by atoms with Crippen LogP contribution in [-0.2, 0) is 0 Å². The number of benzene rings is 2. The van der Waals surface area contributed by atoms with E-state index in [9.17, 15) is 13.6 Å². The van der Waals surface area contributed by atoms with Gasteiger partial charge in [-0.1, -0.05) is 30.3 Å². The molecular weight excluding hydrogens is 350 g/mol. The van der Waals surface area contributed by atoms with Crippen molar-refractivity contribution in [1.82, 2.24) is 9.97 Å². The molecule has 1 heterocycles. The molecule has 7 heteroatoms. The van der Waals surface area contributed by atoms with Gasteiger partial charge in [0.1, 0.15) is 23.1 Å². The summed E-state index contributed by atoms with van der Waals surface area (Å²) in [6, 6.07) is 14.1. The molecule has 0 saturated heterocycles. The average molecular weight is 366 g/mol. The lowest BCUT2D eigenvalue weighted by Crippen LogP contribution is -2.17. The second-order valence-electron chi connectivity index (χ2n) is 6.32. The number of hydrogen-bond donors (Lipinski definition) is 2. The maximum Gasteiger partial charge on any atom is 0.274 e. The molecule has 0 spiro atoms. The fourth-order valence-electron chi connectivity index (χ4n) is 2.57.